The van der Waals surface area contributed by atoms with Gasteiger partial charge in [0.1, 0.15) is 0 Å². The van der Waals surface area contributed by atoms with Gasteiger partial charge in [-0.25, -0.2) is 0 Å². The molecule has 0 radical (unpaired) electrons. The van der Waals surface area contributed by atoms with Crippen molar-refractivity contribution in [3.8, 4) is 0 Å². The molecule has 0 aliphatic heterocycles. The van der Waals surface area contributed by atoms with Gasteiger partial charge in [-0.1, -0.05) is 35.4 Å². The zero-order chi connectivity index (χ0) is 22.9. The van der Waals surface area contributed by atoms with E-state index in [1.807, 2.05) is 41.2 Å². The fraction of sp³-hybridized carbons (Fsp3) is 1.00. The molecule has 0 aromatic carbocycles. The smallest absolute Gasteiger partial charge is 0.377 e. The number of hydrogen-bond acceptors (Lipinski definition) is 14. The van der Waals surface area contributed by atoms with Gasteiger partial charge in [0, 0.05) is 66.3 Å². The SMILES string of the molecule is CO[Si](CC(C)CSSSSSSSSCC(C)C[Si](OC)(OC)OC)(OC)OC. The Morgan fingerprint density at radius 2 is 0.767 bits per heavy atom. The van der Waals surface area contributed by atoms with Crippen LogP contribution in [0.15, 0.2) is 0 Å². The lowest BCUT2D eigenvalue weighted by atomic mass is 10.3. The van der Waals surface area contributed by atoms with Crippen LogP contribution in [0.25, 0.3) is 0 Å². The van der Waals surface area contributed by atoms with Crippen molar-refractivity contribution in [2.75, 3.05) is 54.2 Å². The van der Waals surface area contributed by atoms with Crippen molar-refractivity contribution in [2.24, 2.45) is 11.8 Å². The summed E-state index contributed by atoms with van der Waals surface area (Å²) in [5, 5.41) is 0. The van der Waals surface area contributed by atoms with Gasteiger partial charge in [-0.3, -0.25) is 0 Å². The molecule has 0 amide bonds. The predicted molar refractivity (Wildman–Crippen MR) is 152 cm³/mol. The van der Waals surface area contributed by atoms with Crippen LogP contribution in [-0.2, 0) is 26.6 Å². The molecule has 0 bridgehead atoms. The molecule has 0 saturated heterocycles. The molecule has 16 heteroatoms. The molecule has 0 aromatic heterocycles. The maximum atomic E-state index is 5.50. The quantitative estimate of drug-likeness (QED) is 0.0742. The normalized spacial score (nSPS) is 14.8. The minimum atomic E-state index is -2.47. The zero-order valence-corrected chi connectivity index (χ0v) is 27.2. The molecule has 0 saturated carbocycles. The van der Waals surface area contributed by atoms with Crippen LogP contribution in [0.5, 0.6) is 0 Å². The molecule has 6 nitrogen and oxygen atoms in total. The highest BCUT2D eigenvalue weighted by atomic mass is 34.0. The minimum absolute atomic E-state index is 0.478. The summed E-state index contributed by atoms with van der Waals surface area (Å²) in [4.78, 5) is 0. The highest BCUT2D eigenvalue weighted by Gasteiger charge is 2.40. The summed E-state index contributed by atoms with van der Waals surface area (Å²) < 4.78 is 33.0. The largest absolute Gasteiger partial charge is 0.500 e. The molecule has 0 spiro atoms. The van der Waals surface area contributed by atoms with E-state index in [0.717, 1.165) is 23.6 Å². The van der Waals surface area contributed by atoms with Crippen LogP contribution in [-0.4, -0.2) is 71.8 Å². The Morgan fingerprint density at radius 1 is 0.500 bits per heavy atom. The van der Waals surface area contributed by atoms with Gasteiger partial charge in [-0.05, 0) is 70.8 Å². The maximum Gasteiger partial charge on any atom is 0.500 e. The lowest BCUT2D eigenvalue weighted by molar-refractivity contribution is 0.119. The maximum absolute atomic E-state index is 5.50. The van der Waals surface area contributed by atoms with Gasteiger partial charge in [0.15, 0.2) is 0 Å². The van der Waals surface area contributed by atoms with Crippen LogP contribution in [0.2, 0.25) is 12.1 Å². The van der Waals surface area contributed by atoms with Gasteiger partial charge in [0.2, 0.25) is 0 Å². The second kappa shape index (κ2) is 20.2. The molecule has 0 heterocycles. The Hall–Kier alpha value is 2.99. The van der Waals surface area contributed by atoms with E-state index in [0.29, 0.717) is 11.8 Å². The van der Waals surface area contributed by atoms with Gasteiger partial charge in [0.05, 0.1) is 0 Å². The van der Waals surface area contributed by atoms with Gasteiger partial charge in [-0.15, -0.1) is 0 Å². The molecule has 2 atom stereocenters. The molecule has 182 valence electrons. The number of rotatable bonds is 21. The van der Waals surface area contributed by atoms with Crippen LogP contribution in [0.4, 0.5) is 0 Å². The Balaban J connectivity index is 3.69. The molecule has 0 aliphatic carbocycles. The summed E-state index contributed by atoms with van der Waals surface area (Å²) in [6.45, 7) is 4.42. The van der Waals surface area contributed by atoms with E-state index >= 15 is 0 Å². The van der Waals surface area contributed by atoms with Crippen LogP contribution in [0.1, 0.15) is 13.8 Å². The van der Waals surface area contributed by atoms with Gasteiger partial charge < -0.3 is 26.6 Å². The molecule has 0 N–H and O–H groups in total. The van der Waals surface area contributed by atoms with E-state index in [-0.39, 0.29) is 0 Å². The van der Waals surface area contributed by atoms with Crippen molar-refractivity contribution in [1.29, 1.82) is 0 Å². The summed E-state index contributed by atoms with van der Waals surface area (Å²) in [5.74, 6) is 3.04. The van der Waals surface area contributed by atoms with E-state index in [1.54, 1.807) is 82.0 Å². The molecule has 0 fully saturated rings. The first kappa shape index (κ1) is 33.0. The Bertz CT molecular complexity index is 360. The molecule has 2 unspecified atom stereocenters. The zero-order valence-electron chi connectivity index (χ0n) is 18.7. The molecule has 0 aliphatic rings. The van der Waals surface area contributed by atoms with Crippen molar-refractivity contribution in [3.05, 3.63) is 0 Å². The van der Waals surface area contributed by atoms with Crippen molar-refractivity contribution in [3.63, 3.8) is 0 Å². The average Bonchev–Trinajstić information content (AvgIpc) is 2.77. The summed E-state index contributed by atoms with van der Waals surface area (Å²) in [7, 11) is 19.6. The second-order valence-corrected chi connectivity index (χ2v) is 25.4. The Morgan fingerprint density at radius 3 is 1.03 bits per heavy atom. The molecular weight excluding hydrogens is 577 g/mol. The van der Waals surface area contributed by atoms with Crippen LogP contribution in [0, 0.1) is 11.8 Å². The first-order valence-corrected chi connectivity index (χ1v) is 23.3. The lowest BCUT2D eigenvalue weighted by Crippen LogP contribution is -2.44. The third-order valence-corrected chi connectivity index (χ3v) is 26.0. The van der Waals surface area contributed by atoms with E-state index < -0.39 is 17.6 Å². The molecule has 30 heavy (non-hydrogen) atoms. The van der Waals surface area contributed by atoms with Gasteiger partial charge in [0.25, 0.3) is 0 Å². The number of hydrogen-bond donors (Lipinski definition) is 0. The highest BCUT2D eigenvalue weighted by molar-refractivity contribution is 9.48. The van der Waals surface area contributed by atoms with Gasteiger partial charge >= 0.3 is 17.6 Å². The van der Waals surface area contributed by atoms with Crippen molar-refractivity contribution >= 4 is 98.2 Å². The first-order chi connectivity index (χ1) is 14.4. The minimum Gasteiger partial charge on any atom is -0.377 e. The van der Waals surface area contributed by atoms with E-state index in [2.05, 4.69) is 13.8 Å². The van der Waals surface area contributed by atoms with Crippen molar-refractivity contribution < 1.29 is 26.6 Å². The third kappa shape index (κ3) is 14.4. The topological polar surface area (TPSA) is 55.4 Å². The summed E-state index contributed by atoms with van der Waals surface area (Å²) in [6, 6.07) is 1.67. The van der Waals surface area contributed by atoms with E-state index in [4.69, 9.17) is 26.6 Å². The highest BCUT2D eigenvalue weighted by Crippen LogP contribution is 2.57. The van der Waals surface area contributed by atoms with E-state index in [1.165, 1.54) is 0 Å². The first-order valence-electron chi connectivity index (χ1n) is 8.91. The van der Waals surface area contributed by atoms with Crippen molar-refractivity contribution in [2.45, 2.75) is 25.9 Å². The van der Waals surface area contributed by atoms with Crippen molar-refractivity contribution in [1.82, 2.24) is 0 Å². The fourth-order valence-corrected chi connectivity index (χ4v) is 24.4. The monoisotopic (exact) mass is 610 g/mol. The summed E-state index contributed by atoms with van der Waals surface area (Å²) >= 11 is 0. The van der Waals surface area contributed by atoms with Crippen LogP contribution >= 0.6 is 80.5 Å². The molecule has 0 aromatic rings. The fourth-order valence-electron chi connectivity index (χ4n) is 2.34. The molecule has 0 rings (SSSR count). The third-order valence-electron chi connectivity index (χ3n) is 4.00. The summed E-state index contributed by atoms with van der Waals surface area (Å²) in [6.07, 6.45) is 0. The lowest BCUT2D eigenvalue weighted by Gasteiger charge is -2.26. The standard InChI is InChI=1S/C14H34O6S8Si2/c1-13(11-29(15-3,16-4)17-5)9-21-23-25-27-28-26-24-22-10-14(2)12-30(18-6,19-7)20-8/h13-14H,9-12H2,1-8H3. The Kier molecular flexibility index (Phi) is 22.2. The predicted octanol–water partition coefficient (Wildman–Crippen LogP) is 7.29. The second-order valence-electron chi connectivity index (χ2n) is 6.19. The van der Waals surface area contributed by atoms with Gasteiger partial charge in [-0.2, -0.15) is 0 Å². The van der Waals surface area contributed by atoms with Crippen LogP contribution < -0.4 is 0 Å². The van der Waals surface area contributed by atoms with Crippen LogP contribution in [0.3, 0.4) is 0 Å². The van der Waals surface area contributed by atoms with E-state index in [9.17, 15) is 0 Å². The average molecular weight is 611 g/mol. The Labute approximate surface area is 214 Å². The summed E-state index contributed by atoms with van der Waals surface area (Å²) in [5.41, 5.74) is 0. The molecular formula is C14H34O6S8Si2.